The number of hydrogen-bond acceptors (Lipinski definition) is 4. The number of nitrogens with one attached hydrogen (secondary N) is 1. The molecule has 7 heteroatoms. The Balaban J connectivity index is 2.25. The fraction of sp³-hybridized carbons (Fsp3) is 0.571. The SMILES string of the molecule is CSC1CCCCC1NS(=O)(=O)c1cc(CO)ccc1F. The Labute approximate surface area is 129 Å². The summed E-state index contributed by atoms with van der Waals surface area (Å²) in [6, 6.07) is 3.47. The summed E-state index contributed by atoms with van der Waals surface area (Å²) in [7, 11) is -3.92. The fourth-order valence-electron chi connectivity index (χ4n) is 2.63. The topological polar surface area (TPSA) is 66.4 Å². The maximum Gasteiger partial charge on any atom is 0.243 e. The Bertz CT molecular complexity index is 592. The van der Waals surface area contributed by atoms with Crippen LogP contribution in [0.5, 0.6) is 0 Å². The van der Waals surface area contributed by atoms with Crippen LogP contribution in [0.3, 0.4) is 0 Å². The predicted molar refractivity (Wildman–Crippen MR) is 82.2 cm³/mol. The molecule has 1 aliphatic rings. The van der Waals surface area contributed by atoms with E-state index in [4.69, 9.17) is 5.11 Å². The maximum atomic E-state index is 13.8. The van der Waals surface area contributed by atoms with E-state index in [1.807, 2.05) is 6.26 Å². The molecule has 0 saturated heterocycles. The Hall–Kier alpha value is -0.630. The van der Waals surface area contributed by atoms with Gasteiger partial charge in [0.25, 0.3) is 0 Å². The number of thioether (sulfide) groups is 1. The zero-order valence-electron chi connectivity index (χ0n) is 11.9. The largest absolute Gasteiger partial charge is 0.392 e. The minimum Gasteiger partial charge on any atom is -0.392 e. The second-order valence-electron chi connectivity index (χ2n) is 5.21. The van der Waals surface area contributed by atoms with Gasteiger partial charge in [0.15, 0.2) is 0 Å². The molecule has 21 heavy (non-hydrogen) atoms. The Morgan fingerprint density at radius 3 is 2.76 bits per heavy atom. The number of rotatable bonds is 5. The van der Waals surface area contributed by atoms with Crippen LogP contribution in [0, 0.1) is 5.82 Å². The van der Waals surface area contributed by atoms with Crippen LogP contribution in [-0.2, 0) is 16.6 Å². The van der Waals surface area contributed by atoms with Crippen LogP contribution < -0.4 is 4.72 Å². The van der Waals surface area contributed by atoms with Gasteiger partial charge in [-0.25, -0.2) is 17.5 Å². The molecule has 0 aliphatic heterocycles. The van der Waals surface area contributed by atoms with Crippen molar-refractivity contribution in [1.29, 1.82) is 0 Å². The van der Waals surface area contributed by atoms with Gasteiger partial charge in [-0.2, -0.15) is 11.8 Å². The van der Waals surface area contributed by atoms with Crippen LogP contribution in [-0.4, -0.2) is 31.1 Å². The number of halogens is 1. The molecule has 1 aromatic rings. The lowest BCUT2D eigenvalue weighted by atomic mass is 9.96. The van der Waals surface area contributed by atoms with E-state index >= 15 is 0 Å². The molecule has 1 saturated carbocycles. The first-order valence-corrected chi connectivity index (χ1v) is 9.69. The van der Waals surface area contributed by atoms with Crippen LogP contribution in [0.25, 0.3) is 0 Å². The van der Waals surface area contributed by atoms with Crippen LogP contribution in [0.2, 0.25) is 0 Å². The monoisotopic (exact) mass is 333 g/mol. The van der Waals surface area contributed by atoms with E-state index in [1.165, 1.54) is 12.1 Å². The van der Waals surface area contributed by atoms with Gasteiger partial charge in [-0.15, -0.1) is 0 Å². The molecule has 118 valence electrons. The van der Waals surface area contributed by atoms with E-state index in [1.54, 1.807) is 11.8 Å². The molecule has 0 aromatic heterocycles. The molecule has 1 aromatic carbocycles. The Morgan fingerprint density at radius 2 is 2.10 bits per heavy atom. The van der Waals surface area contributed by atoms with Gasteiger partial charge in [-0.1, -0.05) is 18.9 Å². The highest BCUT2D eigenvalue weighted by Crippen LogP contribution is 2.28. The van der Waals surface area contributed by atoms with Gasteiger partial charge >= 0.3 is 0 Å². The molecule has 0 spiro atoms. The Kier molecular flexibility index (Phi) is 5.65. The highest BCUT2D eigenvalue weighted by atomic mass is 32.2. The minimum atomic E-state index is -3.92. The lowest BCUT2D eigenvalue weighted by Gasteiger charge is -2.30. The van der Waals surface area contributed by atoms with Gasteiger partial charge in [0.2, 0.25) is 10.0 Å². The summed E-state index contributed by atoms with van der Waals surface area (Å²) >= 11 is 1.64. The third-order valence-electron chi connectivity index (χ3n) is 3.78. The third-order valence-corrected chi connectivity index (χ3v) is 6.45. The molecule has 2 atom stereocenters. The molecule has 2 N–H and O–H groups in total. The third kappa shape index (κ3) is 3.97. The average molecular weight is 333 g/mol. The number of benzene rings is 1. The first-order valence-electron chi connectivity index (χ1n) is 6.92. The summed E-state index contributed by atoms with van der Waals surface area (Å²) in [4.78, 5) is -0.389. The minimum absolute atomic E-state index is 0.170. The molecule has 0 heterocycles. The molecule has 2 unspecified atom stereocenters. The molecular formula is C14H20FNO3S2. The van der Waals surface area contributed by atoms with Crippen molar-refractivity contribution in [2.45, 2.75) is 48.5 Å². The van der Waals surface area contributed by atoms with Gasteiger partial charge in [-0.05, 0) is 36.8 Å². The van der Waals surface area contributed by atoms with E-state index in [0.717, 1.165) is 31.7 Å². The van der Waals surface area contributed by atoms with Gasteiger partial charge in [0.05, 0.1) is 6.61 Å². The standard InChI is InChI=1S/C14H20FNO3S2/c1-20-13-5-3-2-4-12(13)16-21(18,19)14-8-10(9-17)6-7-11(14)15/h6-8,12-13,16-17H,2-5,9H2,1H3. The van der Waals surface area contributed by atoms with Crippen molar-refractivity contribution in [3.8, 4) is 0 Å². The highest BCUT2D eigenvalue weighted by molar-refractivity contribution is 7.99. The average Bonchev–Trinajstić information content (AvgIpc) is 2.47. The van der Waals surface area contributed by atoms with Crippen molar-refractivity contribution in [1.82, 2.24) is 4.72 Å². The van der Waals surface area contributed by atoms with E-state index in [-0.39, 0.29) is 22.8 Å². The zero-order valence-corrected chi connectivity index (χ0v) is 13.5. The first kappa shape index (κ1) is 16.7. The van der Waals surface area contributed by atoms with E-state index in [9.17, 15) is 12.8 Å². The Morgan fingerprint density at radius 1 is 1.38 bits per heavy atom. The molecule has 2 rings (SSSR count). The number of aliphatic hydroxyl groups is 1. The number of sulfonamides is 1. The van der Waals surface area contributed by atoms with E-state index in [2.05, 4.69) is 4.72 Å². The molecule has 0 bridgehead atoms. The van der Waals surface area contributed by atoms with Gasteiger partial charge < -0.3 is 5.11 Å². The van der Waals surface area contributed by atoms with Crippen LogP contribution in [0.1, 0.15) is 31.2 Å². The van der Waals surface area contributed by atoms with Crippen molar-refractivity contribution >= 4 is 21.8 Å². The van der Waals surface area contributed by atoms with Crippen LogP contribution >= 0.6 is 11.8 Å². The fourth-order valence-corrected chi connectivity index (χ4v) is 5.09. The highest BCUT2D eigenvalue weighted by Gasteiger charge is 2.30. The molecule has 0 amide bonds. The van der Waals surface area contributed by atoms with Crippen molar-refractivity contribution < 1.29 is 17.9 Å². The molecule has 4 nitrogen and oxygen atoms in total. The van der Waals surface area contributed by atoms with Crippen molar-refractivity contribution in [3.05, 3.63) is 29.6 Å². The lowest BCUT2D eigenvalue weighted by molar-refractivity contribution is 0.281. The molecule has 1 aliphatic carbocycles. The summed E-state index contributed by atoms with van der Waals surface area (Å²) in [6.45, 7) is -0.320. The molecular weight excluding hydrogens is 313 g/mol. The van der Waals surface area contributed by atoms with Crippen LogP contribution in [0.4, 0.5) is 4.39 Å². The van der Waals surface area contributed by atoms with E-state index in [0.29, 0.717) is 5.56 Å². The summed E-state index contributed by atoms with van der Waals surface area (Å²) < 4.78 is 41.3. The zero-order chi connectivity index (χ0) is 15.5. The van der Waals surface area contributed by atoms with Crippen molar-refractivity contribution in [3.63, 3.8) is 0 Å². The van der Waals surface area contributed by atoms with Gasteiger partial charge in [0, 0.05) is 11.3 Å². The first-order chi connectivity index (χ1) is 9.97. The second kappa shape index (κ2) is 7.09. The maximum absolute atomic E-state index is 13.8. The molecule has 1 fully saturated rings. The summed E-state index contributed by atoms with van der Waals surface area (Å²) in [5, 5.41) is 9.30. The summed E-state index contributed by atoms with van der Waals surface area (Å²) in [5.41, 5.74) is 0.377. The van der Waals surface area contributed by atoms with Crippen molar-refractivity contribution in [2.24, 2.45) is 0 Å². The predicted octanol–water partition coefficient (Wildman–Crippen LogP) is 2.27. The van der Waals surface area contributed by atoms with Gasteiger partial charge in [-0.3, -0.25) is 0 Å². The quantitative estimate of drug-likeness (QED) is 0.867. The second-order valence-corrected chi connectivity index (χ2v) is 7.97. The molecule has 0 radical (unpaired) electrons. The summed E-state index contributed by atoms with van der Waals surface area (Å²) in [6.07, 6.45) is 5.77. The normalized spacial score (nSPS) is 23.2. The van der Waals surface area contributed by atoms with Crippen molar-refractivity contribution in [2.75, 3.05) is 6.26 Å². The van der Waals surface area contributed by atoms with E-state index < -0.39 is 15.8 Å². The lowest BCUT2D eigenvalue weighted by Crippen LogP contribution is -2.43. The smallest absolute Gasteiger partial charge is 0.243 e. The summed E-state index contributed by atoms with van der Waals surface area (Å²) in [5.74, 6) is -0.795. The number of hydrogen-bond donors (Lipinski definition) is 2. The number of aliphatic hydroxyl groups excluding tert-OH is 1. The van der Waals surface area contributed by atoms with Gasteiger partial charge in [0.1, 0.15) is 10.7 Å². The van der Waals surface area contributed by atoms with Crippen LogP contribution in [0.15, 0.2) is 23.1 Å².